The van der Waals surface area contributed by atoms with Crippen LogP contribution < -0.4 is 11.1 Å². The van der Waals surface area contributed by atoms with Crippen molar-refractivity contribution in [3.05, 3.63) is 58.1 Å². The van der Waals surface area contributed by atoms with Crippen LogP contribution in [0, 0.1) is 10.1 Å². The number of nitrogen functional groups attached to an aromatic ring is 1. The molecule has 0 saturated carbocycles. The van der Waals surface area contributed by atoms with Gasteiger partial charge < -0.3 is 11.1 Å². The molecule has 1 aromatic carbocycles. The highest BCUT2D eigenvalue weighted by molar-refractivity contribution is 5.59. The Hall–Kier alpha value is -2.63. The van der Waals surface area contributed by atoms with Gasteiger partial charge in [0, 0.05) is 12.6 Å². The zero-order chi connectivity index (χ0) is 13.7. The van der Waals surface area contributed by atoms with Crippen molar-refractivity contribution in [1.82, 2.24) is 4.98 Å². The van der Waals surface area contributed by atoms with Gasteiger partial charge in [-0.3, -0.25) is 10.1 Å². The maximum absolute atomic E-state index is 10.9. The molecule has 0 bridgehead atoms. The minimum absolute atomic E-state index is 0.0674. The van der Waals surface area contributed by atoms with Gasteiger partial charge >= 0.3 is 5.69 Å². The Bertz CT molecular complexity index is 572. The maximum Gasteiger partial charge on any atom is 0.311 e. The topological polar surface area (TPSA) is 94.1 Å². The molecule has 0 fully saturated rings. The van der Waals surface area contributed by atoms with Crippen molar-refractivity contribution in [3.63, 3.8) is 0 Å². The van der Waals surface area contributed by atoms with Crippen molar-refractivity contribution >= 4 is 17.3 Å². The molecule has 0 aliphatic rings. The normalized spacial score (nSPS) is 10.1. The molecule has 6 heteroatoms. The number of nitro groups is 1. The second-order valence-electron chi connectivity index (χ2n) is 4.02. The highest BCUT2D eigenvalue weighted by Gasteiger charge is 2.14. The summed E-state index contributed by atoms with van der Waals surface area (Å²) in [6.45, 7) is 0.557. The molecule has 2 rings (SSSR count). The summed E-state index contributed by atoms with van der Waals surface area (Å²) < 4.78 is 0. The van der Waals surface area contributed by atoms with E-state index in [-0.39, 0.29) is 17.3 Å². The number of nitrogens with zero attached hydrogens (tertiary/aromatic N) is 2. The van der Waals surface area contributed by atoms with E-state index in [1.165, 1.54) is 12.1 Å². The molecule has 98 valence electrons. The molecule has 0 radical (unpaired) electrons. The Balaban J connectivity index is 2.03. The van der Waals surface area contributed by atoms with Crippen LogP contribution in [0.5, 0.6) is 0 Å². The van der Waals surface area contributed by atoms with Crippen LogP contribution in [-0.2, 0) is 6.42 Å². The number of rotatable bonds is 5. The van der Waals surface area contributed by atoms with Crippen LogP contribution in [0.25, 0.3) is 0 Å². The summed E-state index contributed by atoms with van der Waals surface area (Å²) in [4.78, 5) is 14.3. The second-order valence-corrected chi connectivity index (χ2v) is 4.02. The lowest BCUT2D eigenvalue weighted by molar-refractivity contribution is -0.384. The lowest BCUT2D eigenvalue weighted by atomic mass is 10.1. The first-order valence-corrected chi connectivity index (χ1v) is 5.85. The summed E-state index contributed by atoms with van der Waals surface area (Å²) in [5.41, 5.74) is 6.62. The molecule has 0 spiro atoms. The van der Waals surface area contributed by atoms with Gasteiger partial charge in [-0.05, 0) is 18.1 Å². The molecule has 3 N–H and O–H groups in total. The van der Waals surface area contributed by atoms with Crippen LogP contribution >= 0.6 is 0 Å². The van der Waals surface area contributed by atoms with Gasteiger partial charge in [0.05, 0.1) is 4.92 Å². The van der Waals surface area contributed by atoms with Crippen LogP contribution in [0.1, 0.15) is 5.56 Å². The van der Waals surface area contributed by atoms with E-state index in [4.69, 9.17) is 5.73 Å². The fraction of sp³-hybridized carbons (Fsp3) is 0.154. The summed E-state index contributed by atoms with van der Waals surface area (Å²) in [6, 6.07) is 12.6. The molecule has 6 nitrogen and oxygen atoms in total. The molecule has 19 heavy (non-hydrogen) atoms. The number of hydrogen-bond donors (Lipinski definition) is 2. The fourth-order valence-corrected chi connectivity index (χ4v) is 1.71. The van der Waals surface area contributed by atoms with Crippen LogP contribution in [0.4, 0.5) is 17.3 Å². The first kappa shape index (κ1) is 12.8. The van der Waals surface area contributed by atoms with E-state index >= 15 is 0 Å². The third kappa shape index (κ3) is 3.41. The molecule has 0 atom stereocenters. The number of pyridine rings is 1. The predicted octanol–water partition coefficient (Wildman–Crippen LogP) is 2.23. The third-order valence-corrected chi connectivity index (χ3v) is 2.64. The first-order valence-electron chi connectivity index (χ1n) is 5.85. The summed E-state index contributed by atoms with van der Waals surface area (Å²) in [7, 11) is 0. The minimum atomic E-state index is -0.475. The van der Waals surface area contributed by atoms with E-state index in [1.807, 2.05) is 30.3 Å². The Morgan fingerprint density at radius 2 is 1.95 bits per heavy atom. The van der Waals surface area contributed by atoms with E-state index in [2.05, 4.69) is 10.3 Å². The number of anilines is 2. The van der Waals surface area contributed by atoms with Crippen molar-refractivity contribution in [2.45, 2.75) is 6.42 Å². The standard InChI is InChI=1S/C13H14N4O2/c14-12-7-6-11(17(18)19)13(16-12)15-9-8-10-4-2-1-3-5-10/h1-7H,8-9H2,(H3,14,15,16). The quantitative estimate of drug-likeness (QED) is 0.633. The largest absolute Gasteiger partial charge is 0.384 e. The van der Waals surface area contributed by atoms with Crippen molar-refractivity contribution in [1.29, 1.82) is 0 Å². The zero-order valence-electron chi connectivity index (χ0n) is 10.2. The number of aromatic nitrogens is 1. The summed E-state index contributed by atoms with van der Waals surface area (Å²) >= 11 is 0. The monoisotopic (exact) mass is 258 g/mol. The Morgan fingerprint density at radius 3 is 2.63 bits per heavy atom. The molecule has 1 heterocycles. The van der Waals surface area contributed by atoms with Gasteiger partial charge in [0.15, 0.2) is 0 Å². The predicted molar refractivity (Wildman–Crippen MR) is 73.9 cm³/mol. The van der Waals surface area contributed by atoms with Crippen molar-refractivity contribution in [2.24, 2.45) is 0 Å². The van der Waals surface area contributed by atoms with Crippen LogP contribution in [0.15, 0.2) is 42.5 Å². The highest BCUT2D eigenvalue weighted by Crippen LogP contribution is 2.22. The fourth-order valence-electron chi connectivity index (χ4n) is 1.71. The summed E-state index contributed by atoms with van der Waals surface area (Å²) in [5, 5.41) is 13.8. The Labute approximate surface area is 110 Å². The van der Waals surface area contributed by atoms with Gasteiger partial charge in [0.2, 0.25) is 5.82 Å². The Morgan fingerprint density at radius 1 is 1.21 bits per heavy atom. The van der Waals surface area contributed by atoms with Crippen molar-refractivity contribution < 1.29 is 4.92 Å². The lowest BCUT2D eigenvalue weighted by Gasteiger charge is -2.06. The Kier molecular flexibility index (Phi) is 3.92. The van der Waals surface area contributed by atoms with E-state index < -0.39 is 4.92 Å². The summed E-state index contributed by atoms with van der Waals surface area (Å²) in [6.07, 6.45) is 0.758. The second kappa shape index (κ2) is 5.81. The molecule has 1 aromatic heterocycles. The minimum Gasteiger partial charge on any atom is -0.384 e. The van der Waals surface area contributed by atoms with E-state index in [1.54, 1.807) is 0 Å². The molecule has 0 amide bonds. The van der Waals surface area contributed by atoms with Gasteiger partial charge in [-0.1, -0.05) is 30.3 Å². The molecule has 0 aliphatic carbocycles. The molecule has 0 saturated heterocycles. The average molecular weight is 258 g/mol. The summed E-state index contributed by atoms with van der Waals surface area (Å²) in [5.74, 6) is 0.466. The van der Waals surface area contributed by atoms with Crippen LogP contribution in [0.3, 0.4) is 0 Å². The van der Waals surface area contributed by atoms with Gasteiger partial charge in [-0.25, -0.2) is 4.98 Å². The molecular formula is C13H14N4O2. The van der Waals surface area contributed by atoms with Gasteiger partial charge in [0.25, 0.3) is 0 Å². The average Bonchev–Trinajstić information content (AvgIpc) is 2.39. The smallest absolute Gasteiger partial charge is 0.311 e. The number of nitrogens with one attached hydrogen (secondary N) is 1. The third-order valence-electron chi connectivity index (χ3n) is 2.64. The van der Waals surface area contributed by atoms with Crippen molar-refractivity contribution in [2.75, 3.05) is 17.6 Å². The highest BCUT2D eigenvalue weighted by atomic mass is 16.6. The van der Waals surface area contributed by atoms with Gasteiger partial charge in [-0.2, -0.15) is 0 Å². The van der Waals surface area contributed by atoms with E-state index in [9.17, 15) is 10.1 Å². The van der Waals surface area contributed by atoms with E-state index in [0.717, 1.165) is 12.0 Å². The van der Waals surface area contributed by atoms with Gasteiger partial charge in [0.1, 0.15) is 5.82 Å². The number of nitrogens with two attached hydrogens (primary N) is 1. The molecular weight excluding hydrogens is 244 g/mol. The van der Waals surface area contributed by atoms with Crippen LogP contribution in [-0.4, -0.2) is 16.5 Å². The van der Waals surface area contributed by atoms with Gasteiger partial charge in [-0.15, -0.1) is 0 Å². The molecule has 2 aromatic rings. The van der Waals surface area contributed by atoms with Crippen LogP contribution in [0.2, 0.25) is 0 Å². The zero-order valence-corrected chi connectivity index (χ0v) is 10.2. The maximum atomic E-state index is 10.9. The lowest BCUT2D eigenvalue weighted by Crippen LogP contribution is -2.09. The SMILES string of the molecule is Nc1ccc([N+](=O)[O-])c(NCCc2ccccc2)n1. The molecule has 0 unspecified atom stereocenters. The number of hydrogen-bond acceptors (Lipinski definition) is 5. The molecule has 0 aliphatic heterocycles. The van der Waals surface area contributed by atoms with Crippen molar-refractivity contribution in [3.8, 4) is 0 Å². The number of benzene rings is 1. The van der Waals surface area contributed by atoms with E-state index in [0.29, 0.717) is 6.54 Å². The first-order chi connectivity index (χ1) is 9.16.